The highest BCUT2D eigenvalue weighted by Gasteiger charge is 2.21. The second-order valence-electron chi connectivity index (χ2n) is 6.50. The number of sulfonamides is 1. The third kappa shape index (κ3) is 5.71. The van der Waals surface area contributed by atoms with Crippen molar-refractivity contribution < 1.29 is 22.7 Å². The summed E-state index contributed by atoms with van der Waals surface area (Å²) in [4.78, 5) is 23.7. The fourth-order valence-electron chi connectivity index (χ4n) is 2.93. The lowest BCUT2D eigenvalue weighted by molar-refractivity contribution is -0.116. The SMILES string of the molecule is COc1ccccc1N(CCCC(=O)Nc1cccc(C(N)=O)c1C)S(C)(=O)=O. The summed E-state index contributed by atoms with van der Waals surface area (Å²) in [7, 11) is -2.09. The van der Waals surface area contributed by atoms with Gasteiger partial charge in [-0.25, -0.2) is 8.42 Å². The molecule has 0 saturated carbocycles. The molecular formula is C20H25N3O5S. The monoisotopic (exact) mass is 419 g/mol. The zero-order valence-electron chi connectivity index (χ0n) is 16.6. The highest BCUT2D eigenvalue weighted by Crippen LogP contribution is 2.29. The zero-order valence-corrected chi connectivity index (χ0v) is 17.5. The van der Waals surface area contributed by atoms with Crippen molar-refractivity contribution in [1.82, 2.24) is 0 Å². The number of nitrogens with two attached hydrogens (primary N) is 1. The minimum atomic E-state index is -3.56. The average Bonchev–Trinajstić information content (AvgIpc) is 2.65. The Kier molecular flexibility index (Phi) is 7.22. The Bertz CT molecular complexity index is 1000. The standard InChI is InChI=1S/C20H25N3O5S/c1-14-15(20(21)25)8-6-9-16(14)22-19(24)12-7-13-23(29(3,26)27)17-10-4-5-11-18(17)28-2/h4-6,8-11H,7,12-13H2,1-3H3,(H2,21,25)(H,22,24). The first-order valence-electron chi connectivity index (χ1n) is 8.95. The molecule has 0 unspecified atom stereocenters. The van der Waals surface area contributed by atoms with Crippen molar-refractivity contribution in [2.24, 2.45) is 5.73 Å². The normalized spacial score (nSPS) is 11.0. The lowest BCUT2D eigenvalue weighted by atomic mass is 10.1. The van der Waals surface area contributed by atoms with Crippen molar-refractivity contribution >= 4 is 33.2 Å². The van der Waals surface area contributed by atoms with Crippen molar-refractivity contribution in [3.05, 3.63) is 53.6 Å². The van der Waals surface area contributed by atoms with Crippen molar-refractivity contribution in [3.8, 4) is 5.75 Å². The lowest BCUT2D eigenvalue weighted by Crippen LogP contribution is -2.31. The number of nitrogens with zero attached hydrogens (tertiary/aromatic N) is 1. The van der Waals surface area contributed by atoms with E-state index >= 15 is 0 Å². The Morgan fingerprint density at radius 2 is 1.83 bits per heavy atom. The minimum Gasteiger partial charge on any atom is -0.495 e. The number of primary amides is 1. The van der Waals surface area contributed by atoms with E-state index in [9.17, 15) is 18.0 Å². The number of hydrogen-bond acceptors (Lipinski definition) is 5. The number of hydrogen-bond donors (Lipinski definition) is 2. The van der Waals surface area contributed by atoms with E-state index in [1.807, 2.05) is 0 Å². The third-order valence-electron chi connectivity index (χ3n) is 4.39. The first-order chi connectivity index (χ1) is 13.6. The number of benzene rings is 2. The molecule has 2 aromatic rings. The van der Waals surface area contributed by atoms with Crippen LogP contribution in [-0.4, -0.2) is 40.1 Å². The summed E-state index contributed by atoms with van der Waals surface area (Å²) >= 11 is 0. The van der Waals surface area contributed by atoms with Gasteiger partial charge in [-0.1, -0.05) is 18.2 Å². The minimum absolute atomic E-state index is 0.0986. The number of amides is 2. The van der Waals surface area contributed by atoms with Gasteiger partial charge in [-0.3, -0.25) is 13.9 Å². The van der Waals surface area contributed by atoms with E-state index in [1.165, 1.54) is 11.4 Å². The van der Waals surface area contributed by atoms with E-state index in [0.717, 1.165) is 6.26 Å². The first-order valence-corrected chi connectivity index (χ1v) is 10.8. The van der Waals surface area contributed by atoms with Crippen LogP contribution >= 0.6 is 0 Å². The van der Waals surface area contributed by atoms with Crippen LogP contribution in [0.2, 0.25) is 0 Å². The predicted molar refractivity (Wildman–Crippen MR) is 113 cm³/mol. The molecule has 0 aliphatic carbocycles. The Balaban J connectivity index is 2.06. The second kappa shape index (κ2) is 9.42. The van der Waals surface area contributed by atoms with Gasteiger partial charge in [-0.05, 0) is 43.2 Å². The molecule has 3 N–H and O–H groups in total. The van der Waals surface area contributed by atoms with Gasteiger partial charge in [-0.15, -0.1) is 0 Å². The van der Waals surface area contributed by atoms with Crippen LogP contribution in [0.5, 0.6) is 5.75 Å². The van der Waals surface area contributed by atoms with Gasteiger partial charge < -0.3 is 15.8 Å². The average molecular weight is 420 g/mol. The zero-order chi connectivity index (χ0) is 21.6. The fraction of sp³-hybridized carbons (Fsp3) is 0.300. The van der Waals surface area contributed by atoms with Crippen molar-refractivity contribution in [2.75, 3.05) is 29.5 Å². The van der Waals surface area contributed by atoms with E-state index in [4.69, 9.17) is 10.5 Å². The Hall–Kier alpha value is -3.07. The number of nitrogens with one attached hydrogen (secondary N) is 1. The first kappa shape index (κ1) is 22.2. The van der Waals surface area contributed by atoms with Gasteiger partial charge in [0.25, 0.3) is 0 Å². The number of rotatable bonds is 9. The van der Waals surface area contributed by atoms with Crippen molar-refractivity contribution in [2.45, 2.75) is 19.8 Å². The fourth-order valence-corrected chi connectivity index (χ4v) is 3.90. The maximum Gasteiger partial charge on any atom is 0.249 e. The van der Waals surface area contributed by atoms with E-state index in [2.05, 4.69) is 5.32 Å². The summed E-state index contributed by atoms with van der Waals surface area (Å²) in [5.41, 5.74) is 7.16. The van der Waals surface area contributed by atoms with Gasteiger partial charge in [0, 0.05) is 24.2 Å². The molecule has 8 nitrogen and oxygen atoms in total. The Labute approximate surface area is 170 Å². The number of methoxy groups -OCH3 is 1. The summed E-state index contributed by atoms with van der Waals surface area (Å²) in [5.74, 6) is -0.427. The molecule has 0 radical (unpaired) electrons. The molecule has 0 atom stereocenters. The van der Waals surface area contributed by atoms with Gasteiger partial charge >= 0.3 is 0 Å². The van der Waals surface area contributed by atoms with Gasteiger partial charge in [0.2, 0.25) is 21.8 Å². The topological polar surface area (TPSA) is 119 Å². The van der Waals surface area contributed by atoms with Crippen LogP contribution < -0.4 is 20.1 Å². The van der Waals surface area contributed by atoms with Crippen LogP contribution in [-0.2, 0) is 14.8 Å². The molecule has 156 valence electrons. The summed E-state index contributed by atoms with van der Waals surface area (Å²) in [5, 5.41) is 2.74. The molecule has 0 saturated heterocycles. The van der Waals surface area contributed by atoms with Crippen LogP contribution in [0.3, 0.4) is 0 Å². The molecule has 2 aromatic carbocycles. The van der Waals surface area contributed by atoms with E-state index in [-0.39, 0.29) is 18.9 Å². The van der Waals surface area contributed by atoms with Crippen LogP contribution in [0.1, 0.15) is 28.8 Å². The Morgan fingerprint density at radius 1 is 1.14 bits per heavy atom. The molecule has 0 aliphatic rings. The molecule has 2 amide bonds. The van der Waals surface area contributed by atoms with Gasteiger partial charge in [0.1, 0.15) is 5.75 Å². The Morgan fingerprint density at radius 3 is 2.45 bits per heavy atom. The van der Waals surface area contributed by atoms with Crippen LogP contribution in [0.4, 0.5) is 11.4 Å². The summed E-state index contributed by atoms with van der Waals surface area (Å²) < 4.78 is 30.9. The quantitative estimate of drug-likeness (QED) is 0.646. The van der Waals surface area contributed by atoms with E-state index in [0.29, 0.717) is 34.7 Å². The lowest BCUT2D eigenvalue weighted by Gasteiger charge is -2.24. The molecule has 0 heterocycles. The molecule has 0 aliphatic heterocycles. The third-order valence-corrected chi connectivity index (χ3v) is 5.57. The molecule has 9 heteroatoms. The second-order valence-corrected chi connectivity index (χ2v) is 8.41. The largest absolute Gasteiger partial charge is 0.495 e. The predicted octanol–water partition coefficient (Wildman–Crippen LogP) is 2.29. The van der Waals surface area contributed by atoms with Gasteiger partial charge in [0.05, 0.1) is 19.1 Å². The molecule has 0 spiro atoms. The van der Waals surface area contributed by atoms with Gasteiger partial charge in [-0.2, -0.15) is 0 Å². The van der Waals surface area contributed by atoms with Crippen LogP contribution in [0, 0.1) is 6.92 Å². The molecule has 29 heavy (non-hydrogen) atoms. The number of carbonyl (C=O) groups is 2. The highest BCUT2D eigenvalue weighted by atomic mass is 32.2. The maximum atomic E-state index is 12.3. The van der Waals surface area contributed by atoms with Crippen LogP contribution in [0.25, 0.3) is 0 Å². The number of ether oxygens (including phenoxy) is 1. The molecule has 0 aromatic heterocycles. The van der Waals surface area contributed by atoms with E-state index in [1.54, 1.807) is 49.4 Å². The molecule has 0 fully saturated rings. The molecule has 0 bridgehead atoms. The number of para-hydroxylation sites is 2. The number of anilines is 2. The van der Waals surface area contributed by atoms with Gasteiger partial charge in [0.15, 0.2) is 0 Å². The summed E-state index contributed by atoms with van der Waals surface area (Å²) in [6.45, 7) is 1.82. The summed E-state index contributed by atoms with van der Waals surface area (Å²) in [6, 6.07) is 11.7. The summed E-state index contributed by atoms with van der Waals surface area (Å²) in [6.07, 6.45) is 1.51. The smallest absolute Gasteiger partial charge is 0.249 e. The van der Waals surface area contributed by atoms with Crippen molar-refractivity contribution in [1.29, 1.82) is 0 Å². The molecule has 2 rings (SSSR count). The molecular weight excluding hydrogens is 394 g/mol. The van der Waals surface area contributed by atoms with Crippen LogP contribution in [0.15, 0.2) is 42.5 Å². The highest BCUT2D eigenvalue weighted by molar-refractivity contribution is 7.92. The number of carbonyl (C=O) groups excluding carboxylic acids is 2. The van der Waals surface area contributed by atoms with E-state index < -0.39 is 15.9 Å². The maximum absolute atomic E-state index is 12.3. The van der Waals surface area contributed by atoms with Crippen molar-refractivity contribution in [3.63, 3.8) is 0 Å².